The number of hydrogen-bond acceptors (Lipinski definition) is 2. The van der Waals surface area contributed by atoms with Gasteiger partial charge in [0.05, 0.1) is 12.1 Å². The Labute approximate surface area is 99.2 Å². The second-order valence-electron chi connectivity index (χ2n) is 3.95. The molecule has 0 aliphatic heterocycles. The summed E-state index contributed by atoms with van der Waals surface area (Å²) >= 11 is 0. The van der Waals surface area contributed by atoms with Gasteiger partial charge in [-0.3, -0.25) is 4.79 Å². The fraction of sp³-hybridized carbons (Fsp3) is 0.308. The molecule has 2 rings (SSSR count). The summed E-state index contributed by atoms with van der Waals surface area (Å²) in [6.45, 7) is 0.237. The monoisotopic (exact) mass is 232 g/mol. The molecule has 0 spiro atoms. The first kappa shape index (κ1) is 11.6. The number of amides is 1. The van der Waals surface area contributed by atoms with Crippen molar-refractivity contribution in [1.29, 1.82) is 0 Å². The Hall–Kier alpha value is -1.86. The van der Waals surface area contributed by atoms with E-state index in [1.54, 1.807) is 0 Å². The quantitative estimate of drug-likeness (QED) is 0.748. The summed E-state index contributed by atoms with van der Waals surface area (Å²) in [6, 6.07) is 4.45. The van der Waals surface area contributed by atoms with Gasteiger partial charge in [0.2, 0.25) is 0 Å². The molecule has 0 bridgehead atoms. The number of nitrogens with two attached hydrogens (primary N) is 1. The molecule has 0 radical (unpaired) electrons. The van der Waals surface area contributed by atoms with Crippen LogP contribution in [-0.4, -0.2) is 18.5 Å². The third kappa shape index (κ3) is 3.05. The van der Waals surface area contributed by atoms with Crippen LogP contribution in [0.4, 0.5) is 4.39 Å². The van der Waals surface area contributed by atoms with Gasteiger partial charge in [-0.1, -0.05) is 11.8 Å². The lowest BCUT2D eigenvalue weighted by atomic mass is 10.1. The van der Waals surface area contributed by atoms with Crippen LogP contribution in [0.1, 0.15) is 28.8 Å². The Kier molecular flexibility index (Phi) is 3.40. The second-order valence-corrected chi connectivity index (χ2v) is 3.95. The standard InChI is InChI=1S/C13H13FN2O/c14-12-6-3-9(2-1-7-15)8-11(12)13(17)16-10-4-5-10/h3,6,8,10H,4-5,7,15H2,(H,16,17). The molecule has 3 N–H and O–H groups in total. The molecule has 17 heavy (non-hydrogen) atoms. The lowest BCUT2D eigenvalue weighted by Gasteiger charge is -2.04. The van der Waals surface area contributed by atoms with Crippen LogP contribution in [0.2, 0.25) is 0 Å². The molecule has 1 amide bonds. The molecule has 4 heteroatoms. The molecule has 0 saturated heterocycles. The normalized spacial score (nSPS) is 13.8. The number of rotatable bonds is 2. The summed E-state index contributed by atoms with van der Waals surface area (Å²) in [4.78, 5) is 11.7. The van der Waals surface area contributed by atoms with Crippen molar-refractivity contribution in [1.82, 2.24) is 5.32 Å². The Balaban J connectivity index is 2.21. The van der Waals surface area contributed by atoms with Crippen LogP contribution < -0.4 is 11.1 Å². The lowest BCUT2D eigenvalue weighted by Crippen LogP contribution is -2.26. The maximum Gasteiger partial charge on any atom is 0.254 e. The largest absolute Gasteiger partial charge is 0.349 e. The summed E-state index contributed by atoms with van der Waals surface area (Å²) in [5.74, 6) is 4.54. The van der Waals surface area contributed by atoms with Crippen molar-refractivity contribution < 1.29 is 9.18 Å². The van der Waals surface area contributed by atoms with Gasteiger partial charge in [-0.25, -0.2) is 4.39 Å². The van der Waals surface area contributed by atoms with Crippen LogP contribution in [0.25, 0.3) is 0 Å². The average Bonchev–Trinajstić information content (AvgIpc) is 3.11. The SMILES string of the molecule is NCC#Cc1ccc(F)c(C(=O)NC2CC2)c1. The van der Waals surface area contributed by atoms with E-state index in [9.17, 15) is 9.18 Å². The predicted octanol–water partition coefficient (Wildman–Crippen LogP) is 1.03. The first-order valence-corrected chi connectivity index (χ1v) is 5.50. The van der Waals surface area contributed by atoms with Crippen LogP contribution in [-0.2, 0) is 0 Å². The Morgan fingerprint density at radius 1 is 1.53 bits per heavy atom. The first-order valence-electron chi connectivity index (χ1n) is 5.50. The van der Waals surface area contributed by atoms with Crippen LogP contribution >= 0.6 is 0 Å². The minimum absolute atomic E-state index is 0.0423. The van der Waals surface area contributed by atoms with E-state index >= 15 is 0 Å². The molecule has 1 aliphatic rings. The van der Waals surface area contributed by atoms with Gasteiger partial charge in [0.1, 0.15) is 5.82 Å². The number of carbonyl (C=O) groups excluding carboxylic acids is 1. The van der Waals surface area contributed by atoms with Gasteiger partial charge < -0.3 is 11.1 Å². The van der Waals surface area contributed by atoms with Crippen molar-refractivity contribution in [3.05, 3.63) is 35.1 Å². The van der Waals surface area contributed by atoms with Crippen molar-refractivity contribution in [3.63, 3.8) is 0 Å². The molecule has 0 heterocycles. The lowest BCUT2D eigenvalue weighted by molar-refractivity contribution is 0.0947. The van der Waals surface area contributed by atoms with Crippen LogP contribution in [0, 0.1) is 17.7 Å². The summed E-state index contributed by atoms with van der Waals surface area (Å²) in [6.07, 6.45) is 1.94. The fourth-order valence-corrected chi connectivity index (χ4v) is 1.42. The molecular formula is C13H13FN2O. The maximum atomic E-state index is 13.5. The predicted molar refractivity (Wildman–Crippen MR) is 62.8 cm³/mol. The molecule has 1 saturated carbocycles. The molecule has 1 aliphatic carbocycles. The molecule has 1 aromatic rings. The highest BCUT2D eigenvalue weighted by molar-refractivity contribution is 5.95. The highest BCUT2D eigenvalue weighted by Crippen LogP contribution is 2.20. The van der Waals surface area contributed by atoms with Crippen molar-refractivity contribution in [2.45, 2.75) is 18.9 Å². The molecule has 0 atom stereocenters. The van der Waals surface area contributed by atoms with E-state index < -0.39 is 5.82 Å². The van der Waals surface area contributed by atoms with Crippen LogP contribution in [0.15, 0.2) is 18.2 Å². The van der Waals surface area contributed by atoms with Crippen molar-refractivity contribution in [2.24, 2.45) is 5.73 Å². The van der Waals surface area contributed by atoms with Crippen LogP contribution in [0.5, 0.6) is 0 Å². The molecule has 88 valence electrons. The Morgan fingerprint density at radius 3 is 2.94 bits per heavy atom. The number of halogens is 1. The minimum atomic E-state index is -0.526. The zero-order valence-electron chi connectivity index (χ0n) is 9.29. The minimum Gasteiger partial charge on any atom is -0.349 e. The molecule has 0 aromatic heterocycles. The van der Waals surface area contributed by atoms with Crippen LogP contribution in [0.3, 0.4) is 0 Å². The molecular weight excluding hydrogens is 219 g/mol. The van der Waals surface area contributed by atoms with Gasteiger partial charge in [0.25, 0.3) is 5.91 Å². The average molecular weight is 232 g/mol. The number of benzene rings is 1. The number of carbonyl (C=O) groups is 1. The highest BCUT2D eigenvalue weighted by Gasteiger charge is 2.25. The molecule has 3 nitrogen and oxygen atoms in total. The Bertz CT molecular complexity index is 498. The van der Waals surface area contributed by atoms with Crippen molar-refractivity contribution in [2.75, 3.05) is 6.54 Å². The van der Waals surface area contributed by atoms with E-state index in [2.05, 4.69) is 17.2 Å². The van der Waals surface area contributed by atoms with E-state index in [-0.39, 0.29) is 24.1 Å². The van der Waals surface area contributed by atoms with Gasteiger partial charge in [0, 0.05) is 11.6 Å². The zero-order valence-corrected chi connectivity index (χ0v) is 9.29. The highest BCUT2D eigenvalue weighted by atomic mass is 19.1. The molecule has 0 unspecified atom stereocenters. The number of hydrogen-bond donors (Lipinski definition) is 2. The van der Waals surface area contributed by atoms with Gasteiger partial charge in [-0.15, -0.1) is 0 Å². The molecule has 1 fully saturated rings. The van der Waals surface area contributed by atoms with Gasteiger partial charge in [0.15, 0.2) is 0 Å². The Morgan fingerprint density at radius 2 is 2.29 bits per heavy atom. The van der Waals surface area contributed by atoms with E-state index in [0.717, 1.165) is 12.8 Å². The van der Waals surface area contributed by atoms with Gasteiger partial charge in [-0.2, -0.15) is 0 Å². The van der Waals surface area contributed by atoms with Gasteiger partial charge in [-0.05, 0) is 31.0 Å². The van der Waals surface area contributed by atoms with E-state index in [4.69, 9.17) is 5.73 Å². The van der Waals surface area contributed by atoms with Crippen molar-refractivity contribution in [3.8, 4) is 11.8 Å². The summed E-state index contributed by atoms with van der Waals surface area (Å²) in [5.41, 5.74) is 5.89. The second kappa shape index (κ2) is 4.98. The summed E-state index contributed by atoms with van der Waals surface area (Å²) < 4.78 is 13.5. The summed E-state index contributed by atoms with van der Waals surface area (Å²) in [7, 11) is 0. The smallest absolute Gasteiger partial charge is 0.254 e. The number of nitrogens with one attached hydrogen (secondary N) is 1. The third-order valence-electron chi connectivity index (χ3n) is 2.46. The zero-order chi connectivity index (χ0) is 12.3. The van der Waals surface area contributed by atoms with E-state index in [1.807, 2.05) is 0 Å². The fourth-order valence-electron chi connectivity index (χ4n) is 1.42. The molecule has 1 aromatic carbocycles. The summed E-state index contributed by atoms with van der Waals surface area (Å²) in [5, 5.41) is 2.74. The van der Waals surface area contributed by atoms with Gasteiger partial charge >= 0.3 is 0 Å². The van der Waals surface area contributed by atoms with E-state index in [1.165, 1.54) is 18.2 Å². The topological polar surface area (TPSA) is 55.1 Å². The first-order chi connectivity index (χ1) is 8.20. The van der Waals surface area contributed by atoms with Crippen molar-refractivity contribution >= 4 is 5.91 Å². The van der Waals surface area contributed by atoms with E-state index in [0.29, 0.717) is 5.56 Å². The third-order valence-corrected chi connectivity index (χ3v) is 2.46. The maximum absolute atomic E-state index is 13.5.